The summed E-state index contributed by atoms with van der Waals surface area (Å²) >= 11 is 0. The molecule has 6 nitrogen and oxygen atoms in total. The lowest BCUT2D eigenvalue weighted by Gasteiger charge is -2.05. The Bertz CT molecular complexity index is 966. The Morgan fingerprint density at radius 1 is 1.04 bits per heavy atom. The molecule has 1 aliphatic carbocycles. The topological polar surface area (TPSA) is 90.9 Å². The number of pyridine rings is 1. The second-order valence-corrected chi connectivity index (χ2v) is 7.50. The smallest absolute Gasteiger partial charge is 0.233 e. The third-order valence-electron chi connectivity index (χ3n) is 4.30. The Morgan fingerprint density at radius 3 is 2.50 bits per heavy atom. The number of benzene rings is 1. The van der Waals surface area contributed by atoms with Gasteiger partial charge in [-0.25, -0.2) is 23.2 Å². The molecule has 1 saturated carbocycles. The third kappa shape index (κ3) is 2.83. The highest BCUT2D eigenvalue weighted by Gasteiger charge is 2.40. The van der Waals surface area contributed by atoms with Gasteiger partial charge >= 0.3 is 0 Å². The molecule has 4 rings (SSSR count). The van der Waals surface area contributed by atoms with Crippen molar-refractivity contribution in [3.05, 3.63) is 72.2 Å². The molecule has 7 heteroatoms. The van der Waals surface area contributed by atoms with E-state index in [0.29, 0.717) is 11.8 Å². The summed E-state index contributed by atoms with van der Waals surface area (Å²) in [6.45, 7) is 0. The summed E-state index contributed by atoms with van der Waals surface area (Å²) in [5, 5.41) is 9.34. The Morgan fingerprint density at radius 2 is 1.83 bits per heavy atom. The molecular weight excluding hydrogens is 324 g/mol. The van der Waals surface area contributed by atoms with Crippen LogP contribution < -0.4 is 5.14 Å². The molecule has 0 bridgehead atoms. The first kappa shape index (κ1) is 15.0. The molecule has 0 unspecified atom stereocenters. The zero-order valence-electron chi connectivity index (χ0n) is 12.8. The number of sulfonamides is 1. The fourth-order valence-electron chi connectivity index (χ4n) is 2.97. The van der Waals surface area contributed by atoms with Crippen molar-refractivity contribution in [2.45, 2.75) is 23.2 Å². The Labute approximate surface area is 140 Å². The quantitative estimate of drug-likeness (QED) is 0.788. The summed E-state index contributed by atoms with van der Waals surface area (Å²) in [6, 6.07) is 14.6. The van der Waals surface area contributed by atoms with Crippen LogP contribution in [0.1, 0.15) is 29.5 Å². The molecular formula is C17H16N4O2S. The number of hydrogen-bond acceptors (Lipinski definition) is 4. The van der Waals surface area contributed by atoms with Gasteiger partial charge in [0.25, 0.3) is 0 Å². The van der Waals surface area contributed by atoms with Gasteiger partial charge in [-0.2, -0.15) is 5.10 Å². The van der Waals surface area contributed by atoms with E-state index in [0.717, 1.165) is 23.5 Å². The van der Waals surface area contributed by atoms with Gasteiger partial charge in [-0.3, -0.25) is 0 Å². The number of nitrogens with two attached hydrogens (primary N) is 1. The van der Waals surface area contributed by atoms with Crippen molar-refractivity contribution in [3.8, 4) is 5.82 Å². The van der Waals surface area contributed by atoms with Gasteiger partial charge in [-0.1, -0.05) is 18.2 Å². The second kappa shape index (κ2) is 5.54. The number of primary sulfonamides is 1. The number of rotatable bonds is 4. The van der Waals surface area contributed by atoms with E-state index < -0.39 is 10.0 Å². The van der Waals surface area contributed by atoms with E-state index in [1.54, 1.807) is 23.0 Å². The van der Waals surface area contributed by atoms with Crippen LogP contribution in [0.15, 0.2) is 65.8 Å². The zero-order valence-corrected chi connectivity index (χ0v) is 13.6. The highest BCUT2D eigenvalue weighted by Crippen LogP contribution is 2.54. The van der Waals surface area contributed by atoms with E-state index >= 15 is 0 Å². The summed E-state index contributed by atoms with van der Waals surface area (Å²) < 4.78 is 24.4. The average Bonchev–Trinajstić information content (AvgIpc) is 3.19. The standard InChI is InChI=1S/C17H16N4O2S/c18-24(22,23)13-7-5-12(6-8-13)14-11-15(14)16-3-1-4-17(20-16)21-10-2-9-19-21/h1-10,14-15H,11H2,(H2,18,22,23)/t14-,15+/m0/s1. The molecule has 122 valence electrons. The van der Waals surface area contributed by atoms with Gasteiger partial charge in [0.2, 0.25) is 10.0 Å². The van der Waals surface area contributed by atoms with Crippen LogP contribution in [0.25, 0.3) is 5.82 Å². The normalized spacial score (nSPS) is 20.0. The highest BCUT2D eigenvalue weighted by molar-refractivity contribution is 7.89. The van der Waals surface area contributed by atoms with Gasteiger partial charge in [-0.15, -0.1) is 0 Å². The van der Waals surface area contributed by atoms with E-state index in [9.17, 15) is 8.42 Å². The number of aromatic nitrogens is 3. The average molecular weight is 340 g/mol. The molecule has 0 saturated heterocycles. The molecule has 2 N–H and O–H groups in total. The van der Waals surface area contributed by atoms with Crippen molar-refractivity contribution in [1.82, 2.24) is 14.8 Å². The SMILES string of the molecule is NS(=O)(=O)c1ccc([C@@H]2C[C@H]2c2cccc(-n3cccn3)n2)cc1. The number of hydrogen-bond donors (Lipinski definition) is 1. The van der Waals surface area contributed by atoms with Crippen molar-refractivity contribution in [3.63, 3.8) is 0 Å². The molecule has 1 aliphatic rings. The van der Waals surface area contributed by atoms with Crippen LogP contribution in [0.5, 0.6) is 0 Å². The lowest BCUT2D eigenvalue weighted by atomic mass is 10.1. The first-order chi connectivity index (χ1) is 11.5. The van der Waals surface area contributed by atoms with Crippen molar-refractivity contribution in [2.24, 2.45) is 5.14 Å². The Balaban J connectivity index is 1.55. The molecule has 3 aromatic rings. The molecule has 0 aliphatic heterocycles. The minimum atomic E-state index is -3.64. The first-order valence-electron chi connectivity index (χ1n) is 7.62. The maximum Gasteiger partial charge on any atom is 0.238 e. The van der Waals surface area contributed by atoms with Gasteiger partial charge in [0.05, 0.1) is 4.90 Å². The van der Waals surface area contributed by atoms with Crippen molar-refractivity contribution in [1.29, 1.82) is 0 Å². The molecule has 2 heterocycles. The van der Waals surface area contributed by atoms with Crippen LogP contribution in [-0.4, -0.2) is 23.2 Å². The van der Waals surface area contributed by atoms with Gasteiger partial charge in [0.15, 0.2) is 5.82 Å². The minimum Gasteiger partial charge on any atom is -0.233 e. The lowest BCUT2D eigenvalue weighted by Crippen LogP contribution is -2.11. The van der Waals surface area contributed by atoms with Crippen LogP contribution in [0.2, 0.25) is 0 Å². The monoisotopic (exact) mass is 340 g/mol. The minimum absolute atomic E-state index is 0.141. The largest absolute Gasteiger partial charge is 0.238 e. The molecule has 2 aromatic heterocycles. The molecule has 1 fully saturated rings. The Kier molecular flexibility index (Phi) is 3.47. The second-order valence-electron chi connectivity index (χ2n) is 5.93. The summed E-state index contributed by atoms with van der Waals surface area (Å²) in [4.78, 5) is 4.84. The summed E-state index contributed by atoms with van der Waals surface area (Å²) in [6.07, 6.45) is 4.59. The highest BCUT2D eigenvalue weighted by atomic mass is 32.2. The molecule has 24 heavy (non-hydrogen) atoms. The van der Waals surface area contributed by atoms with E-state index in [1.165, 1.54) is 0 Å². The van der Waals surface area contributed by atoms with Crippen molar-refractivity contribution < 1.29 is 8.42 Å². The van der Waals surface area contributed by atoms with E-state index in [1.807, 2.05) is 42.6 Å². The maximum atomic E-state index is 11.3. The van der Waals surface area contributed by atoms with Gasteiger partial charge in [0.1, 0.15) is 0 Å². The molecule has 1 aromatic carbocycles. The van der Waals surface area contributed by atoms with Crippen molar-refractivity contribution in [2.75, 3.05) is 0 Å². The summed E-state index contributed by atoms with van der Waals surface area (Å²) in [7, 11) is -3.64. The number of nitrogens with zero attached hydrogens (tertiary/aromatic N) is 3. The van der Waals surface area contributed by atoms with Gasteiger partial charge in [-0.05, 0) is 48.2 Å². The molecule has 2 atom stereocenters. The molecule has 0 spiro atoms. The van der Waals surface area contributed by atoms with Gasteiger partial charge < -0.3 is 0 Å². The fourth-order valence-corrected chi connectivity index (χ4v) is 3.49. The van der Waals surface area contributed by atoms with Crippen molar-refractivity contribution >= 4 is 10.0 Å². The summed E-state index contributed by atoms with van der Waals surface area (Å²) in [5.74, 6) is 1.51. The maximum absolute atomic E-state index is 11.3. The lowest BCUT2D eigenvalue weighted by molar-refractivity contribution is 0.598. The van der Waals surface area contributed by atoms with Crippen LogP contribution in [-0.2, 0) is 10.0 Å². The predicted molar refractivity (Wildman–Crippen MR) is 89.3 cm³/mol. The van der Waals surface area contributed by atoms with E-state index in [-0.39, 0.29) is 4.90 Å². The fraction of sp³-hybridized carbons (Fsp3) is 0.176. The predicted octanol–water partition coefficient (Wildman–Crippen LogP) is 2.19. The zero-order chi connectivity index (χ0) is 16.7. The van der Waals surface area contributed by atoms with E-state index in [2.05, 4.69) is 5.10 Å². The summed E-state index contributed by atoms with van der Waals surface area (Å²) in [5.41, 5.74) is 2.14. The third-order valence-corrected chi connectivity index (χ3v) is 5.23. The molecule has 0 amide bonds. The van der Waals surface area contributed by atoms with Crippen LogP contribution in [0, 0.1) is 0 Å². The van der Waals surface area contributed by atoms with E-state index in [4.69, 9.17) is 10.1 Å². The van der Waals surface area contributed by atoms with Crippen LogP contribution in [0.4, 0.5) is 0 Å². The molecule has 0 radical (unpaired) electrons. The van der Waals surface area contributed by atoms with Crippen LogP contribution in [0.3, 0.4) is 0 Å². The Hall–Kier alpha value is -2.51. The van der Waals surface area contributed by atoms with Crippen LogP contribution >= 0.6 is 0 Å². The van der Waals surface area contributed by atoms with Gasteiger partial charge in [0, 0.05) is 24.0 Å². The first-order valence-corrected chi connectivity index (χ1v) is 9.17.